The highest BCUT2D eigenvalue weighted by Crippen LogP contribution is 2.26. The van der Waals surface area contributed by atoms with E-state index in [-0.39, 0.29) is 6.04 Å². The van der Waals surface area contributed by atoms with Gasteiger partial charge in [0.15, 0.2) is 0 Å². The molecule has 1 aliphatic rings. The van der Waals surface area contributed by atoms with Gasteiger partial charge in [0.2, 0.25) is 0 Å². The van der Waals surface area contributed by atoms with Gasteiger partial charge in [-0.3, -0.25) is 0 Å². The molecule has 0 heterocycles. The first-order valence-electron chi connectivity index (χ1n) is 4.06. The van der Waals surface area contributed by atoms with Crippen LogP contribution in [0.5, 0.6) is 0 Å². The third-order valence-electron chi connectivity index (χ3n) is 2.42. The molecule has 0 amide bonds. The van der Waals surface area contributed by atoms with Crippen molar-refractivity contribution < 1.29 is 0 Å². The number of nitriles is 1. The number of nitrogens with zero attached hydrogens (tertiary/aromatic N) is 1. The average Bonchev–Trinajstić information content (AvgIpc) is 2.04. The van der Waals surface area contributed by atoms with Crippen LogP contribution in [0.15, 0.2) is 12.2 Å². The van der Waals surface area contributed by atoms with Gasteiger partial charge in [-0.2, -0.15) is 5.26 Å². The molecule has 1 rings (SSSR count). The molecule has 3 atom stereocenters. The van der Waals surface area contributed by atoms with Gasteiger partial charge in [0.25, 0.3) is 0 Å². The second kappa shape index (κ2) is 3.54. The van der Waals surface area contributed by atoms with E-state index < -0.39 is 0 Å². The molecule has 2 nitrogen and oxygen atoms in total. The molecule has 1 aliphatic carbocycles. The molecule has 60 valence electrons. The Hall–Kier alpha value is -0.810. The third kappa shape index (κ3) is 1.81. The van der Waals surface area contributed by atoms with Crippen LogP contribution in [-0.4, -0.2) is 6.04 Å². The van der Waals surface area contributed by atoms with E-state index in [1.807, 2.05) is 0 Å². The summed E-state index contributed by atoms with van der Waals surface area (Å²) in [5.41, 5.74) is 5.64. The van der Waals surface area contributed by atoms with Gasteiger partial charge in [-0.25, -0.2) is 0 Å². The molecule has 0 aromatic carbocycles. The maximum Gasteiger partial charge on any atom is 0.0962 e. The van der Waals surface area contributed by atoms with Crippen molar-refractivity contribution in [1.82, 2.24) is 0 Å². The van der Waals surface area contributed by atoms with Crippen LogP contribution >= 0.6 is 0 Å². The summed E-state index contributed by atoms with van der Waals surface area (Å²) in [7, 11) is 0. The summed E-state index contributed by atoms with van der Waals surface area (Å²) in [4.78, 5) is 0. The van der Waals surface area contributed by atoms with Crippen molar-refractivity contribution in [3.63, 3.8) is 0 Å². The Bertz CT molecular complexity index is 190. The molecule has 0 aromatic rings. The summed E-state index contributed by atoms with van der Waals surface area (Å²) >= 11 is 0. The summed E-state index contributed by atoms with van der Waals surface area (Å²) in [5, 5.41) is 8.61. The highest BCUT2D eigenvalue weighted by atomic mass is 14.7. The lowest BCUT2D eigenvalue weighted by Crippen LogP contribution is -2.33. The predicted molar refractivity (Wildman–Crippen MR) is 44.6 cm³/mol. The smallest absolute Gasteiger partial charge is 0.0962 e. The summed E-state index contributed by atoms with van der Waals surface area (Å²) in [6, 6.07) is 1.83. The van der Waals surface area contributed by atoms with Crippen LogP contribution in [0.2, 0.25) is 0 Å². The Morgan fingerprint density at radius 2 is 2.18 bits per heavy atom. The van der Waals surface area contributed by atoms with Gasteiger partial charge >= 0.3 is 0 Å². The average molecular weight is 150 g/mol. The van der Waals surface area contributed by atoms with Crippen molar-refractivity contribution >= 4 is 0 Å². The van der Waals surface area contributed by atoms with Crippen LogP contribution < -0.4 is 5.73 Å². The van der Waals surface area contributed by atoms with Crippen molar-refractivity contribution in [2.24, 2.45) is 17.6 Å². The number of nitrogens with two attached hydrogens (primary N) is 1. The van der Waals surface area contributed by atoms with E-state index in [9.17, 15) is 0 Å². The molecule has 2 heteroatoms. The Morgan fingerprint density at radius 1 is 1.55 bits per heavy atom. The highest BCUT2D eigenvalue weighted by Gasteiger charge is 2.23. The van der Waals surface area contributed by atoms with Gasteiger partial charge < -0.3 is 5.73 Å². The third-order valence-corrected chi connectivity index (χ3v) is 2.42. The van der Waals surface area contributed by atoms with Crippen molar-refractivity contribution in [3.05, 3.63) is 12.2 Å². The lowest BCUT2D eigenvalue weighted by atomic mass is 9.80. The van der Waals surface area contributed by atoms with Crippen molar-refractivity contribution in [3.8, 4) is 6.07 Å². The first-order valence-corrected chi connectivity index (χ1v) is 4.06. The molecule has 0 aromatic heterocycles. The Morgan fingerprint density at radius 3 is 2.73 bits per heavy atom. The Labute approximate surface area is 67.7 Å². The second-order valence-electron chi connectivity index (χ2n) is 3.24. The molecule has 3 unspecified atom stereocenters. The summed E-state index contributed by atoms with van der Waals surface area (Å²) in [6.07, 6.45) is 6.34. The van der Waals surface area contributed by atoms with Gasteiger partial charge in [-0.1, -0.05) is 19.1 Å². The minimum atomic E-state index is -0.282. The number of rotatable bonds is 1. The molecule has 0 bridgehead atoms. The molecule has 2 N–H and O–H groups in total. The minimum Gasteiger partial charge on any atom is -0.316 e. The Balaban J connectivity index is 2.58. The standard InChI is InChI=1S/C9H14N2/c1-7-4-2-3-5-8(7)9(11)6-10/h2-3,7-9H,4-5,11H2,1H3. The molecule has 0 saturated heterocycles. The number of hydrogen-bond acceptors (Lipinski definition) is 2. The Kier molecular flexibility index (Phi) is 2.67. The normalized spacial score (nSPS) is 32.8. The number of hydrogen-bond donors (Lipinski definition) is 1. The van der Waals surface area contributed by atoms with E-state index in [1.165, 1.54) is 0 Å². The molecule has 0 aliphatic heterocycles. The van der Waals surface area contributed by atoms with Gasteiger partial charge in [0.1, 0.15) is 0 Å². The first kappa shape index (κ1) is 8.29. The minimum absolute atomic E-state index is 0.282. The fourth-order valence-corrected chi connectivity index (χ4v) is 1.57. The van der Waals surface area contributed by atoms with Crippen LogP contribution in [0, 0.1) is 23.2 Å². The van der Waals surface area contributed by atoms with Gasteiger partial charge in [0.05, 0.1) is 12.1 Å². The van der Waals surface area contributed by atoms with Crippen LogP contribution in [-0.2, 0) is 0 Å². The van der Waals surface area contributed by atoms with Crippen LogP contribution in [0.3, 0.4) is 0 Å². The lowest BCUT2D eigenvalue weighted by molar-refractivity contribution is 0.324. The van der Waals surface area contributed by atoms with E-state index in [4.69, 9.17) is 11.0 Å². The van der Waals surface area contributed by atoms with Crippen molar-refractivity contribution in [2.75, 3.05) is 0 Å². The van der Waals surface area contributed by atoms with E-state index in [2.05, 4.69) is 25.1 Å². The van der Waals surface area contributed by atoms with Crippen LogP contribution in [0.25, 0.3) is 0 Å². The molecule has 0 saturated carbocycles. The monoisotopic (exact) mass is 150 g/mol. The van der Waals surface area contributed by atoms with E-state index in [1.54, 1.807) is 0 Å². The van der Waals surface area contributed by atoms with Crippen LogP contribution in [0.4, 0.5) is 0 Å². The molecule has 0 spiro atoms. The van der Waals surface area contributed by atoms with Crippen molar-refractivity contribution in [2.45, 2.75) is 25.8 Å². The van der Waals surface area contributed by atoms with Gasteiger partial charge in [-0.15, -0.1) is 0 Å². The van der Waals surface area contributed by atoms with E-state index in [0.717, 1.165) is 12.8 Å². The number of allylic oxidation sites excluding steroid dienone is 2. The molecule has 0 fully saturated rings. The fraction of sp³-hybridized carbons (Fsp3) is 0.667. The van der Waals surface area contributed by atoms with E-state index >= 15 is 0 Å². The largest absolute Gasteiger partial charge is 0.316 e. The van der Waals surface area contributed by atoms with Gasteiger partial charge in [0, 0.05) is 0 Å². The quantitative estimate of drug-likeness (QED) is 0.575. The van der Waals surface area contributed by atoms with E-state index in [0.29, 0.717) is 11.8 Å². The summed E-state index contributed by atoms with van der Waals surface area (Å²) in [5.74, 6) is 0.930. The van der Waals surface area contributed by atoms with Gasteiger partial charge in [-0.05, 0) is 24.7 Å². The topological polar surface area (TPSA) is 49.8 Å². The molecular weight excluding hydrogens is 136 g/mol. The zero-order valence-corrected chi connectivity index (χ0v) is 6.83. The van der Waals surface area contributed by atoms with Crippen LogP contribution in [0.1, 0.15) is 19.8 Å². The summed E-state index contributed by atoms with van der Waals surface area (Å²) in [6.45, 7) is 2.16. The molecule has 11 heavy (non-hydrogen) atoms. The zero-order chi connectivity index (χ0) is 8.27. The maximum atomic E-state index is 8.61. The zero-order valence-electron chi connectivity index (χ0n) is 6.83. The highest BCUT2D eigenvalue weighted by molar-refractivity contribution is 5.02. The molecule has 0 radical (unpaired) electrons. The summed E-state index contributed by atoms with van der Waals surface area (Å²) < 4.78 is 0. The maximum absolute atomic E-state index is 8.61. The first-order chi connectivity index (χ1) is 5.25. The SMILES string of the molecule is CC1CC=CCC1C(N)C#N. The second-order valence-corrected chi connectivity index (χ2v) is 3.24. The predicted octanol–water partition coefficient (Wildman–Crippen LogP) is 1.44. The molecular formula is C9H14N2. The fourth-order valence-electron chi connectivity index (χ4n) is 1.57. The van der Waals surface area contributed by atoms with Crippen molar-refractivity contribution in [1.29, 1.82) is 5.26 Å². The lowest BCUT2D eigenvalue weighted by Gasteiger charge is -2.26.